The maximum atomic E-state index is 2.30. The minimum atomic E-state index is 0. The van der Waals surface area contributed by atoms with Crippen molar-refractivity contribution < 1.29 is 24.0 Å². The second-order valence-corrected chi connectivity index (χ2v) is 4.52. The molecule has 0 aromatic heterocycles. The van der Waals surface area contributed by atoms with Crippen molar-refractivity contribution in [2.45, 2.75) is 39.5 Å². The lowest BCUT2D eigenvalue weighted by Gasteiger charge is -1.92. The van der Waals surface area contributed by atoms with Gasteiger partial charge in [-0.1, -0.05) is 19.8 Å². The van der Waals surface area contributed by atoms with Gasteiger partial charge < -0.3 is 24.0 Å². The molecule has 0 aromatic rings. The lowest BCUT2D eigenvalue weighted by molar-refractivity contribution is -0.00000204. The zero-order valence-electron chi connectivity index (χ0n) is 7.20. The number of hydrogen-bond acceptors (Lipinski definition) is 0. The highest BCUT2D eigenvalue weighted by molar-refractivity contribution is 7.37. The van der Waals surface area contributed by atoms with Crippen LogP contribution in [0.1, 0.15) is 39.5 Å². The third kappa shape index (κ3) is 11.9. The molecule has 0 rings (SSSR count). The Morgan fingerprint density at radius 2 is 1.70 bits per heavy atom. The topological polar surface area (TPSA) is 0 Å². The molecule has 0 aliphatic rings. The van der Waals surface area contributed by atoms with Crippen LogP contribution in [0.4, 0.5) is 0 Å². The molecule has 0 aliphatic heterocycles. The van der Waals surface area contributed by atoms with Crippen LogP contribution in [0.5, 0.6) is 0 Å². The molecular formula is C8H20IP. The average molecular weight is 274 g/mol. The molecule has 0 radical (unpaired) electrons. The van der Waals surface area contributed by atoms with Crippen LogP contribution in [0.3, 0.4) is 0 Å². The molecular weight excluding hydrogens is 254 g/mol. The van der Waals surface area contributed by atoms with E-state index in [9.17, 15) is 0 Å². The normalized spacial score (nSPS) is 10.2. The highest BCUT2D eigenvalue weighted by Crippen LogP contribution is 2.12. The quantitative estimate of drug-likeness (QED) is 0.363. The summed E-state index contributed by atoms with van der Waals surface area (Å²) in [6, 6.07) is 0. The van der Waals surface area contributed by atoms with Crippen LogP contribution >= 0.6 is 8.58 Å². The second kappa shape index (κ2) is 12.8. The predicted octanol–water partition coefficient (Wildman–Crippen LogP) is 0.00140. The third-order valence-corrected chi connectivity index (χ3v) is 2.94. The fourth-order valence-electron chi connectivity index (χ4n) is 0.920. The largest absolute Gasteiger partial charge is 1.00 e. The molecule has 10 heavy (non-hydrogen) atoms. The summed E-state index contributed by atoms with van der Waals surface area (Å²) < 4.78 is 0. The van der Waals surface area contributed by atoms with Crippen molar-refractivity contribution in [2.75, 3.05) is 12.3 Å². The van der Waals surface area contributed by atoms with Crippen LogP contribution in [0.2, 0.25) is 0 Å². The van der Waals surface area contributed by atoms with Crippen molar-refractivity contribution in [1.82, 2.24) is 0 Å². The van der Waals surface area contributed by atoms with Crippen molar-refractivity contribution in [3.8, 4) is 0 Å². The summed E-state index contributed by atoms with van der Waals surface area (Å²) >= 11 is 0. The van der Waals surface area contributed by atoms with E-state index in [1.165, 1.54) is 38.0 Å². The molecule has 2 heteroatoms. The first-order valence-corrected chi connectivity index (χ1v) is 5.86. The van der Waals surface area contributed by atoms with Gasteiger partial charge in [0.1, 0.15) is 0 Å². The third-order valence-electron chi connectivity index (χ3n) is 1.55. The summed E-state index contributed by atoms with van der Waals surface area (Å²) in [5.74, 6) is 0. The van der Waals surface area contributed by atoms with Gasteiger partial charge >= 0.3 is 0 Å². The van der Waals surface area contributed by atoms with Gasteiger partial charge in [-0.05, 0) is 28.3 Å². The first-order chi connectivity index (χ1) is 4.41. The summed E-state index contributed by atoms with van der Waals surface area (Å²) in [6.45, 7) is 4.57. The van der Waals surface area contributed by atoms with E-state index in [-0.39, 0.29) is 24.0 Å². The van der Waals surface area contributed by atoms with Crippen molar-refractivity contribution in [2.24, 2.45) is 0 Å². The zero-order valence-corrected chi connectivity index (χ0v) is 10.5. The standard InChI is InChI=1S/C8H19P.HI/c1-3-5-6-7-8-9-4-2;/h9H,3-8H2,1-2H3;1H. The minimum absolute atomic E-state index is 0. The van der Waals surface area contributed by atoms with Gasteiger partial charge in [0, 0.05) is 0 Å². The van der Waals surface area contributed by atoms with E-state index in [1.54, 1.807) is 0 Å². The van der Waals surface area contributed by atoms with Crippen LogP contribution in [-0.2, 0) is 0 Å². The van der Waals surface area contributed by atoms with Crippen molar-refractivity contribution >= 4 is 8.58 Å². The van der Waals surface area contributed by atoms with Crippen molar-refractivity contribution in [1.29, 1.82) is 0 Å². The second-order valence-electron chi connectivity index (χ2n) is 2.55. The Hall–Kier alpha value is 1.16. The number of unbranched alkanes of at least 4 members (excludes halogenated alkanes) is 3. The highest BCUT2D eigenvalue weighted by Gasteiger charge is 1.90. The monoisotopic (exact) mass is 274 g/mol. The Labute approximate surface area is 84.4 Å². The molecule has 0 N–H and O–H groups in total. The highest BCUT2D eigenvalue weighted by atomic mass is 127. The van der Waals surface area contributed by atoms with Gasteiger partial charge in [0.05, 0.1) is 12.3 Å². The van der Waals surface area contributed by atoms with Crippen molar-refractivity contribution in [3.63, 3.8) is 0 Å². The van der Waals surface area contributed by atoms with E-state index in [2.05, 4.69) is 13.8 Å². The fraction of sp³-hybridized carbons (Fsp3) is 1.00. The molecule has 0 spiro atoms. The molecule has 0 aromatic carbocycles. The van der Waals surface area contributed by atoms with Crippen LogP contribution < -0.4 is 24.0 Å². The van der Waals surface area contributed by atoms with Gasteiger partial charge in [0.25, 0.3) is 0 Å². The first-order valence-electron chi connectivity index (χ1n) is 4.23. The molecule has 0 amide bonds. The van der Waals surface area contributed by atoms with Gasteiger partial charge in [0.2, 0.25) is 0 Å². The SMILES string of the molecule is CCCCCC[PH2+]CC.[I-]. The van der Waals surface area contributed by atoms with Gasteiger partial charge in [-0.25, -0.2) is 0 Å². The summed E-state index contributed by atoms with van der Waals surface area (Å²) in [5.41, 5.74) is 0. The fourth-order valence-corrected chi connectivity index (χ4v) is 1.91. The molecule has 0 heterocycles. The zero-order chi connectivity index (χ0) is 6.95. The number of rotatable bonds is 6. The summed E-state index contributed by atoms with van der Waals surface area (Å²) in [7, 11) is 0.810. The van der Waals surface area contributed by atoms with Crippen LogP contribution in [0, 0.1) is 0 Å². The first kappa shape index (κ1) is 13.7. The Morgan fingerprint density at radius 3 is 2.20 bits per heavy atom. The maximum absolute atomic E-state index is 2.30. The van der Waals surface area contributed by atoms with Crippen LogP contribution in [-0.4, -0.2) is 12.3 Å². The van der Waals surface area contributed by atoms with Gasteiger partial charge in [-0.15, -0.1) is 0 Å². The van der Waals surface area contributed by atoms with Gasteiger partial charge in [-0.2, -0.15) is 0 Å². The molecule has 1 atom stereocenters. The number of halogens is 1. The molecule has 1 unspecified atom stereocenters. The molecule has 64 valence electrons. The summed E-state index contributed by atoms with van der Waals surface area (Å²) in [6.07, 6.45) is 8.79. The molecule has 0 nitrogen and oxygen atoms in total. The van der Waals surface area contributed by atoms with Gasteiger partial charge in [-0.3, -0.25) is 0 Å². The molecule has 0 bridgehead atoms. The van der Waals surface area contributed by atoms with E-state index >= 15 is 0 Å². The Kier molecular flexibility index (Phi) is 17.6. The van der Waals surface area contributed by atoms with Crippen LogP contribution in [0.15, 0.2) is 0 Å². The minimum Gasteiger partial charge on any atom is -1.00 e. The molecule has 0 aliphatic carbocycles. The smallest absolute Gasteiger partial charge is 0.0549 e. The molecule has 0 fully saturated rings. The number of hydrogen-bond donors (Lipinski definition) is 0. The van der Waals surface area contributed by atoms with Crippen LogP contribution in [0.25, 0.3) is 0 Å². The lowest BCUT2D eigenvalue weighted by Crippen LogP contribution is -3.00. The van der Waals surface area contributed by atoms with E-state index in [4.69, 9.17) is 0 Å². The Bertz CT molecular complexity index is 42.5. The van der Waals surface area contributed by atoms with E-state index in [1.807, 2.05) is 0 Å². The molecule has 0 saturated carbocycles. The van der Waals surface area contributed by atoms with Gasteiger partial charge in [0.15, 0.2) is 0 Å². The maximum Gasteiger partial charge on any atom is 0.0549 e. The molecule has 0 saturated heterocycles. The lowest BCUT2D eigenvalue weighted by atomic mass is 10.2. The summed E-state index contributed by atoms with van der Waals surface area (Å²) in [5, 5.41) is 0. The Morgan fingerprint density at radius 1 is 1.00 bits per heavy atom. The van der Waals surface area contributed by atoms with E-state index in [0.29, 0.717) is 0 Å². The van der Waals surface area contributed by atoms with Crippen molar-refractivity contribution in [3.05, 3.63) is 0 Å². The average Bonchev–Trinajstić information content (AvgIpc) is 1.89. The predicted molar refractivity (Wildman–Crippen MR) is 49.3 cm³/mol. The van der Waals surface area contributed by atoms with E-state index < -0.39 is 0 Å². The Balaban J connectivity index is 0. The van der Waals surface area contributed by atoms with E-state index in [0.717, 1.165) is 8.58 Å². The summed E-state index contributed by atoms with van der Waals surface area (Å²) in [4.78, 5) is 0.